The first-order valence-electron chi connectivity index (χ1n) is 8.02. The van der Waals surface area contributed by atoms with E-state index in [4.69, 9.17) is 10.5 Å². The second-order valence-electron chi connectivity index (χ2n) is 5.99. The standard InChI is InChI=1S/C17H15F3N6O/c1-8-22-14-11(18)5-9(6-12(14)25(8)7-13(19)20)10-3-4-26-15(10)16(27-2)23-17(21)24-26/h3-6,13H,7H2,1-2H3,(H2,21,24). The Balaban J connectivity index is 1.99. The molecule has 3 aromatic heterocycles. The molecule has 7 nitrogen and oxygen atoms in total. The zero-order valence-electron chi connectivity index (χ0n) is 14.4. The van der Waals surface area contributed by atoms with E-state index >= 15 is 0 Å². The number of fused-ring (bicyclic) bond motifs is 2. The second-order valence-corrected chi connectivity index (χ2v) is 5.99. The van der Waals surface area contributed by atoms with Crippen LogP contribution < -0.4 is 10.5 Å². The molecule has 0 aliphatic carbocycles. The lowest BCUT2D eigenvalue weighted by Crippen LogP contribution is -2.08. The van der Waals surface area contributed by atoms with Gasteiger partial charge in [0.15, 0.2) is 5.82 Å². The van der Waals surface area contributed by atoms with E-state index in [0.717, 1.165) is 0 Å². The molecule has 27 heavy (non-hydrogen) atoms. The number of halogens is 3. The molecule has 0 amide bonds. The van der Waals surface area contributed by atoms with Gasteiger partial charge in [0.2, 0.25) is 11.8 Å². The van der Waals surface area contributed by atoms with Crippen molar-refractivity contribution < 1.29 is 17.9 Å². The minimum absolute atomic E-state index is 0.0220. The molecule has 4 aromatic rings. The lowest BCUT2D eigenvalue weighted by molar-refractivity contribution is 0.127. The summed E-state index contributed by atoms with van der Waals surface area (Å²) in [5.41, 5.74) is 7.52. The lowest BCUT2D eigenvalue weighted by Gasteiger charge is -2.09. The van der Waals surface area contributed by atoms with Crippen LogP contribution in [0.2, 0.25) is 0 Å². The van der Waals surface area contributed by atoms with E-state index in [0.29, 0.717) is 22.5 Å². The monoisotopic (exact) mass is 376 g/mol. The number of ether oxygens (including phenoxy) is 1. The van der Waals surface area contributed by atoms with Gasteiger partial charge in [0.25, 0.3) is 6.43 Å². The Hall–Kier alpha value is -3.30. The highest BCUT2D eigenvalue weighted by Gasteiger charge is 2.19. The fourth-order valence-corrected chi connectivity index (χ4v) is 3.20. The van der Waals surface area contributed by atoms with Crippen molar-refractivity contribution in [3.8, 4) is 17.0 Å². The second kappa shape index (κ2) is 6.15. The van der Waals surface area contributed by atoms with Crippen molar-refractivity contribution in [3.63, 3.8) is 0 Å². The van der Waals surface area contributed by atoms with Gasteiger partial charge in [-0.15, -0.1) is 5.10 Å². The zero-order valence-corrected chi connectivity index (χ0v) is 14.4. The number of alkyl halides is 2. The number of nitrogens with two attached hydrogens (primary N) is 1. The lowest BCUT2D eigenvalue weighted by atomic mass is 10.1. The molecule has 0 bridgehead atoms. The molecular weight excluding hydrogens is 361 g/mol. The summed E-state index contributed by atoms with van der Waals surface area (Å²) in [6.45, 7) is 1.000. The first-order valence-corrected chi connectivity index (χ1v) is 8.02. The summed E-state index contributed by atoms with van der Waals surface area (Å²) in [6.07, 6.45) is -0.950. The molecule has 0 aliphatic rings. The van der Waals surface area contributed by atoms with E-state index < -0.39 is 18.8 Å². The molecule has 0 saturated heterocycles. The maximum absolute atomic E-state index is 14.7. The smallest absolute Gasteiger partial charge is 0.256 e. The number of hydrogen-bond acceptors (Lipinski definition) is 5. The van der Waals surface area contributed by atoms with Crippen molar-refractivity contribution in [1.29, 1.82) is 0 Å². The van der Waals surface area contributed by atoms with E-state index in [2.05, 4.69) is 15.1 Å². The van der Waals surface area contributed by atoms with Crippen molar-refractivity contribution in [3.05, 3.63) is 36.0 Å². The first kappa shape index (κ1) is 17.1. The Bertz CT molecular complexity index is 1170. The molecule has 0 atom stereocenters. The number of nitrogen functional groups attached to an aromatic ring is 1. The van der Waals surface area contributed by atoms with Crippen LogP contribution in [0.4, 0.5) is 19.1 Å². The van der Waals surface area contributed by atoms with Crippen molar-refractivity contribution in [1.82, 2.24) is 24.1 Å². The molecule has 10 heteroatoms. The number of aromatic nitrogens is 5. The molecule has 2 N–H and O–H groups in total. The van der Waals surface area contributed by atoms with Crippen LogP contribution in [0, 0.1) is 12.7 Å². The van der Waals surface area contributed by atoms with Gasteiger partial charge in [-0.3, -0.25) is 0 Å². The summed E-state index contributed by atoms with van der Waals surface area (Å²) in [6, 6.07) is 4.62. The van der Waals surface area contributed by atoms with E-state index in [1.54, 1.807) is 25.3 Å². The predicted molar refractivity (Wildman–Crippen MR) is 93.4 cm³/mol. The summed E-state index contributed by atoms with van der Waals surface area (Å²) in [4.78, 5) is 8.12. The normalized spacial score (nSPS) is 11.8. The first-order chi connectivity index (χ1) is 12.9. The van der Waals surface area contributed by atoms with E-state index in [1.807, 2.05) is 0 Å². The highest BCUT2D eigenvalue weighted by Crippen LogP contribution is 2.34. The van der Waals surface area contributed by atoms with Crippen LogP contribution in [0.15, 0.2) is 24.4 Å². The Morgan fingerprint density at radius 2 is 2.04 bits per heavy atom. The molecule has 0 aliphatic heterocycles. The van der Waals surface area contributed by atoms with E-state index in [1.165, 1.54) is 22.3 Å². The van der Waals surface area contributed by atoms with Crippen molar-refractivity contribution in [2.45, 2.75) is 19.9 Å². The van der Waals surface area contributed by atoms with Gasteiger partial charge in [0, 0.05) is 11.8 Å². The Labute approximate surface area is 151 Å². The average Bonchev–Trinajstić information content (AvgIpc) is 3.16. The van der Waals surface area contributed by atoms with Crippen LogP contribution in [0.25, 0.3) is 27.7 Å². The molecule has 0 fully saturated rings. The number of methoxy groups -OCH3 is 1. The number of nitrogens with zero attached hydrogens (tertiary/aromatic N) is 5. The third-order valence-corrected chi connectivity index (χ3v) is 4.32. The Morgan fingerprint density at radius 1 is 1.26 bits per heavy atom. The maximum atomic E-state index is 14.7. The maximum Gasteiger partial charge on any atom is 0.256 e. The minimum Gasteiger partial charge on any atom is -0.479 e. The number of benzene rings is 1. The van der Waals surface area contributed by atoms with E-state index in [-0.39, 0.29) is 22.9 Å². The van der Waals surface area contributed by atoms with Crippen molar-refractivity contribution >= 4 is 22.5 Å². The third kappa shape index (κ3) is 2.73. The van der Waals surface area contributed by atoms with Gasteiger partial charge in [0.05, 0.1) is 19.2 Å². The zero-order chi connectivity index (χ0) is 19.3. The topological polar surface area (TPSA) is 83.3 Å². The highest BCUT2D eigenvalue weighted by molar-refractivity contribution is 5.90. The molecular formula is C17H15F3N6O. The van der Waals surface area contributed by atoms with Crippen LogP contribution >= 0.6 is 0 Å². The van der Waals surface area contributed by atoms with Gasteiger partial charge in [-0.05, 0) is 30.7 Å². The molecule has 0 spiro atoms. The van der Waals surface area contributed by atoms with Gasteiger partial charge < -0.3 is 15.0 Å². The number of anilines is 1. The molecule has 0 radical (unpaired) electrons. The van der Waals surface area contributed by atoms with Crippen molar-refractivity contribution in [2.75, 3.05) is 12.8 Å². The Kier molecular flexibility index (Phi) is 3.90. The molecule has 0 unspecified atom stereocenters. The van der Waals surface area contributed by atoms with Gasteiger partial charge in [0.1, 0.15) is 16.9 Å². The molecule has 140 valence electrons. The number of aryl methyl sites for hydroxylation is 1. The van der Waals surface area contributed by atoms with Crippen molar-refractivity contribution in [2.24, 2.45) is 0 Å². The molecule has 4 rings (SSSR count). The largest absolute Gasteiger partial charge is 0.479 e. The number of rotatable bonds is 4. The summed E-state index contributed by atoms with van der Waals surface area (Å²) >= 11 is 0. The Morgan fingerprint density at radius 3 is 2.74 bits per heavy atom. The van der Waals surface area contributed by atoms with Gasteiger partial charge in [-0.25, -0.2) is 22.7 Å². The van der Waals surface area contributed by atoms with Crippen LogP contribution in [0.1, 0.15) is 5.82 Å². The number of imidazole rings is 1. The van der Waals surface area contributed by atoms with Gasteiger partial charge in [-0.2, -0.15) is 4.98 Å². The summed E-state index contributed by atoms with van der Waals surface area (Å²) < 4.78 is 48.6. The summed E-state index contributed by atoms with van der Waals surface area (Å²) in [7, 11) is 1.43. The summed E-state index contributed by atoms with van der Waals surface area (Å²) in [5, 5.41) is 4.07. The van der Waals surface area contributed by atoms with E-state index in [9.17, 15) is 13.2 Å². The van der Waals surface area contributed by atoms with Crippen LogP contribution in [0.5, 0.6) is 5.88 Å². The van der Waals surface area contributed by atoms with Gasteiger partial charge >= 0.3 is 0 Å². The third-order valence-electron chi connectivity index (χ3n) is 4.32. The highest BCUT2D eigenvalue weighted by atomic mass is 19.3. The fraction of sp³-hybridized carbons (Fsp3) is 0.235. The van der Waals surface area contributed by atoms with Crippen LogP contribution in [-0.2, 0) is 6.54 Å². The minimum atomic E-state index is -2.58. The molecule has 1 aromatic carbocycles. The summed E-state index contributed by atoms with van der Waals surface area (Å²) in [5.74, 6) is -0.0425. The average molecular weight is 376 g/mol. The van der Waals surface area contributed by atoms with Crippen LogP contribution in [0.3, 0.4) is 0 Å². The fourth-order valence-electron chi connectivity index (χ4n) is 3.20. The quantitative estimate of drug-likeness (QED) is 0.592. The molecule has 3 heterocycles. The van der Waals surface area contributed by atoms with Gasteiger partial charge in [-0.1, -0.05) is 0 Å². The predicted octanol–water partition coefficient (Wildman–Crippen LogP) is 3.05. The SMILES string of the molecule is COc1nc(N)nn2ccc(-c3cc(F)c4nc(C)n(CC(F)F)c4c3)c12. The number of hydrogen-bond donors (Lipinski definition) is 1. The van der Waals surface area contributed by atoms with Crippen LogP contribution in [-0.4, -0.2) is 37.7 Å². The molecule has 0 saturated carbocycles.